The van der Waals surface area contributed by atoms with Crippen molar-refractivity contribution in [3.8, 4) is 0 Å². The highest BCUT2D eigenvalue weighted by Crippen LogP contribution is 2.12. The smallest absolute Gasteiger partial charge is 0.360 e. The molecule has 0 atom stereocenters. The third-order valence-corrected chi connectivity index (χ3v) is 1.79. The summed E-state index contributed by atoms with van der Waals surface area (Å²) in [4.78, 5) is 24.7. The minimum Gasteiger partial charge on any atom is -0.476 e. The van der Waals surface area contributed by atoms with Crippen LogP contribution in [0.4, 0.5) is 0 Å². The van der Waals surface area contributed by atoms with E-state index in [0.717, 1.165) is 0 Å². The SMILES string of the molecule is Cc1cc(=O)c2onc(C(=O)O)c2[nH]1. The van der Waals surface area contributed by atoms with Crippen LogP contribution in [0.1, 0.15) is 16.2 Å². The maximum Gasteiger partial charge on any atom is 0.360 e. The van der Waals surface area contributed by atoms with Crippen molar-refractivity contribution in [2.75, 3.05) is 0 Å². The van der Waals surface area contributed by atoms with Crippen LogP contribution in [0, 0.1) is 6.92 Å². The van der Waals surface area contributed by atoms with Gasteiger partial charge in [0, 0.05) is 11.8 Å². The Kier molecular flexibility index (Phi) is 1.63. The first-order valence-corrected chi connectivity index (χ1v) is 3.82. The predicted molar refractivity (Wildman–Crippen MR) is 46.3 cm³/mol. The largest absolute Gasteiger partial charge is 0.476 e. The first kappa shape index (κ1) is 8.49. The molecule has 0 aromatic carbocycles. The number of aromatic nitrogens is 2. The number of hydrogen-bond donors (Lipinski definition) is 2. The Morgan fingerprint density at radius 3 is 3.00 bits per heavy atom. The quantitative estimate of drug-likeness (QED) is 0.689. The third kappa shape index (κ3) is 1.08. The Labute approximate surface area is 77.1 Å². The molecule has 0 saturated heterocycles. The molecule has 2 heterocycles. The Morgan fingerprint density at radius 1 is 1.64 bits per heavy atom. The van der Waals surface area contributed by atoms with Crippen molar-refractivity contribution in [2.45, 2.75) is 6.92 Å². The van der Waals surface area contributed by atoms with Crippen molar-refractivity contribution in [3.63, 3.8) is 0 Å². The number of hydrogen-bond acceptors (Lipinski definition) is 4. The number of fused-ring (bicyclic) bond motifs is 1. The molecule has 6 heteroatoms. The molecule has 2 aromatic heterocycles. The fourth-order valence-corrected chi connectivity index (χ4v) is 1.22. The molecular formula is C8H6N2O4. The Bertz CT molecular complexity index is 566. The molecule has 0 spiro atoms. The molecule has 2 N–H and O–H groups in total. The van der Waals surface area contributed by atoms with E-state index in [-0.39, 0.29) is 22.2 Å². The fraction of sp³-hybridized carbons (Fsp3) is 0.125. The minimum absolute atomic E-state index is 0.0620. The van der Waals surface area contributed by atoms with E-state index in [9.17, 15) is 9.59 Å². The summed E-state index contributed by atoms with van der Waals surface area (Å²) in [5, 5.41) is 12.0. The van der Waals surface area contributed by atoms with Gasteiger partial charge in [0.2, 0.25) is 16.7 Å². The van der Waals surface area contributed by atoms with Crippen molar-refractivity contribution in [1.82, 2.24) is 10.1 Å². The fourth-order valence-electron chi connectivity index (χ4n) is 1.22. The van der Waals surface area contributed by atoms with Crippen LogP contribution in [0.2, 0.25) is 0 Å². The molecule has 2 aromatic rings. The number of carboxylic acid groups (broad SMARTS) is 1. The van der Waals surface area contributed by atoms with E-state index in [1.165, 1.54) is 6.07 Å². The molecule has 0 aliphatic rings. The van der Waals surface area contributed by atoms with Crippen LogP contribution in [0.15, 0.2) is 15.4 Å². The molecule has 0 aliphatic carbocycles. The van der Waals surface area contributed by atoms with Crippen molar-refractivity contribution in [2.24, 2.45) is 0 Å². The number of carbonyl (C=O) groups is 1. The molecule has 6 nitrogen and oxygen atoms in total. The highest BCUT2D eigenvalue weighted by Gasteiger charge is 2.17. The number of pyridine rings is 1. The second kappa shape index (κ2) is 2.69. The first-order valence-electron chi connectivity index (χ1n) is 3.82. The molecule has 2 rings (SSSR count). The Morgan fingerprint density at radius 2 is 2.36 bits per heavy atom. The molecular weight excluding hydrogens is 188 g/mol. The van der Waals surface area contributed by atoms with Crippen molar-refractivity contribution in [3.05, 3.63) is 27.7 Å². The van der Waals surface area contributed by atoms with Gasteiger partial charge in [0.25, 0.3) is 0 Å². The Hall–Kier alpha value is -2.11. The zero-order valence-corrected chi connectivity index (χ0v) is 7.20. The van der Waals surface area contributed by atoms with Crippen molar-refractivity contribution < 1.29 is 14.4 Å². The van der Waals surface area contributed by atoms with Crippen molar-refractivity contribution >= 4 is 17.1 Å². The van der Waals surface area contributed by atoms with E-state index in [2.05, 4.69) is 14.7 Å². The van der Waals surface area contributed by atoms with Crippen LogP contribution in [0.25, 0.3) is 11.1 Å². The average Bonchev–Trinajstić information content (AvgIpc) is 2.47. The normalized spacial score (nSPS) is 10.6. The lowest BCUT2D eigenvalue weighted by Gasteiger charge is -1.92. The van der Waals surface area contributed by atoms with Crippen LogP contribution in [0.5, 0.6) is 0 Å². The molecule has 14 heavy (non-hydrogen) atoms. The van der Waals surface area contributed by atoms with Gasteiger partial charge >= 0.3 is 5.97 Å². The number of H-pyrrole nitrogens is 1. The second-order valence-corrected chi connectivity index (χ2v) is 2.86. The van der Waals surface area contributed by atoms with Gasteiger partial charge in [-0.25, -0.2) is 4.79 Å². The van der Waals surface area contributed by atoms with E-state index in [4.69, 9.17) is 5.11 Å². The van der Waals surface area contributed by atoms with E-state index in [1.807, 2.05) is 0 Å². The predicted octanol–water partition coefficient (Wildman–Crippen LogP) is 0.523. The lowest BCUT2D eigenvalue weighted by atomic mass is 10.3. The Balaban J connectivity index is 2.92. The molecule has 0 saturated carbocycles. The summed E-state index contributed by atoms with van der Waals surface area (Å²) in [6, 6.07) is 1.32. The number of aromatic amines is 1. The number of nitrogens with one attached hydrogen (secondary N) is 1. The van der Waals surface area contributed by atoms with E-state index >= 15 is 0 Å². The average molecular weight is 194 g/mol. The third-order valence-electron chi connectivity index (χ3n) is 1.79. The molecule has 72 valence electrons. The summed E-state index contributed by atoms with van der Waals surface area (Å²) in [5.74, 6) is -1.23. The van der Waals surface area contributed by atoms with Crippen LogP contribution in [-0.4, -0.2) is 21.2 Å². The summed E-state index contributed by atoms with van der Waals surface area (Å²) in [5.41, 5.74) is -0.0271. The van der Waals surface area contributed by atoms with Gasteiger partial charge in [-0.1, -0.05) is 5.16 Å². The van der Waals surface area contributed by atoms with Gasteiger partial charge in [0.1, 0.15) is 5.52 Å². The molecule has 0 amide bonds. The van der Waals surface area contributed by atoms with Gasteiger partial charge in [0.15, 0.2) is 0 Å². The van der Waals surface area contributed by atoms with Gasteiger partial charge in [-0.2, -0.15) is 0 Å². The van der Waals surface area contributed by atoms with E-state index < -0.39 is 5.97 Å². The molecule has 0 bridgehead atoms. The highest BCUT2D eigenvalue weighted by molar-refractivity contribution is 5.97. The molecule has 0 aliphatic heterocycles. The van der Waals surface area contributed by atoms with Crippen LogP contribution in [0.3, 0.4) is 0 Å². The molecule has 0 unspecified atom stereocenters. The molecule has 0 radical (unpaired) electrons. The lowest BCUT2D eigenvalue weighted by Crippen LogP contribution is -2.03. The maximum atomic E-state index is 11.3. The minimum atomic E-state index is -1.23. The highest BCUT2D eigenvalue weighted by atomic mass is 16.5. The summed E-state index contributed by atoms with van der Waals surface area (Å²) >= 11 is 0. The van der Waals surface area contributed by atoms with Gasteiger partial charge in [-0.05, 0) is 6.92 Å². The van der Waals surface area contributed by atoms with Crippen LogP contribution < -0.4 is 5.43 Å². The van der Waals surface area contributed by atoms with E-state index in [1.54, 1.807) is 6.92 Å². The zero-order chi connectivity index (χ0) is 10.3. The summed E-state index contributed by atoms with van der Waals surface area (Å²) < 4.78 is 4.62. The maximum absolute atomic E-state index is 11.3. The van der Waals surface area contributed by atoms with Gasteiger partial charge in [-0.15, -0.1) is 0 Å². The lowest BCUT2D eigenvalue weighted by molar-refractivity contribution is 0.0687. The van der Waals surface area contributed by atoms with Gasteiger partial charge < -0.3 is 14.6 Å². The number of aryl methyl sites for hydroxylation is 1. The van der Waals surface area contributed by atoms with E-state index in [0.29, 0.717) is 5.69 Å². The number of rotatable bonds is 1. The number of nitrogens with zero attached hydrogens (tertiary/aromatic N) is 1. The monoisotopic (exact) mass is 194 g/mol. The summed E-state index contributed by atoms with van der Waals surface area (Å²) in [6.07, 6.45) is 0. The van der Waals surface area contributed by atoms with Crippen LogP contribution in [-0.2, 0) is 0 Å². The van der Waals surface area contributed by atoms with Gasteiger partial charge in [-0.3, -0.25) is 4.79 Å². The number of aromatic carboxylic acids is 1. The van der Waals surface area contributed by atoms with Crippen LogP contribution >= 0.6 is 0 Å². The van der Waals surface area contributed by atoms with Gasteiger partial charge in [0.05, 0.1) is 0 Å². The summed E-state index contributed by atoms with van der Waals surface area (Å²) in [6.45, 7) is 1.65. The summed E-state index contributed by atoms with van der Waals surface area (Å²) in [7, 11) is 0. The number of carboxylic acids is 1. The zero-order valence-electron chi connectivity index (χ0n) is 7.20. The standard InChI is InChI=1S/C8H6N2O4/c1-3-2-4(11)7-5(9-3)6(8(12)13)10-14-7/h2H,1H3,(H,9,11)(H,12,13). The van der Waals surface area contributed by atoms with Crippen molar-refractivity contribution in [1.29, 1.82) is 0 Å². The molecule has 0 fully saturated rings. The topological polar surface area (TPSA) is 96.2 Å². The first-order chi connectivity index (χ1) is 6.59. The second-order valence-electron chi connectivity index (χ2n) is 2.86.